The van der Waals surface area contributed by atoms with E-state index in [1.807, 2.05) is 0 Å². The maximum Gasteiger partial charge on any atom is 0.573 e. The van der Waals surface area contributed by atoms with Gasteiger partial charge in [0.1, 0.15) is 17.1 Å². The number of halogens is 6. The summed E-state index contributed by atoms with van der Waals surface area (Å²) in [6.07, 6.45) is -8.75. The van der Waals surface area contributed by atoms with Crippen LogP contribution >= 0.6 is 11.8 Å². The predicted octanol–water partition coefficient (Wildman–Crippen LogP) is 5.48. The molecule has 1 N–H and O–H groups in total. The number of pyridine rings is 1. The number of aromatic nitrogens is 3. The summed E-state index contributed by atoms with van der Waals surface area (Å²) in [4.78, 5) is 10.9. The minimum Gasteiger partial charge on any atom is -0.496 e. The molecule has 0 saturated carbocycles. The molecule has 0 atom stereocenters. The van der Waals surface area contributed by atoms with Crippen LogP contribution in [0.5, 0.6) is 11.5 Å². The number of H-pyrrole nitrogens is 1. The van der Waals surface area contributed by atoms with Gasteiger partial charge in [0.05, 0.1) is 23.8 Å². The molecule has 12 heteroatoms. The highest BCUT2D eigenvalue weighted by atomic mass is 32.2. The van der Waals surface area contributed by atoms with Gasteiger partial charge in [-0.3, -0.25) is 4.98 Å². The van der Waals surface area contributed by atoms with E-state index in [0.29, 0.717) is 29.3 Å². The monoisotopic (exact) mass is 437 g/mol. The molecule has 0 aliphatic carbocycles. The van der Waals surface area contributed by atoms with Gasteiger partial charge in [0.25, 0.3) is 0 Å². The van der Waals surface area contributed by atoms with E-state index in [1.54, 1.807) is 19.2 Å². The van der Waals surface area contributed by atoms with Gasteiger partial charge in [-0.05, 0) is 19.1 Å². The fraction of sp³-hybridized carbons (Fsp3) is 0.294. The van der Waals surface area contributed by atoms with Crippen molar-refractivity contribution in [2.24, 2.45) is 0 Å². The summed E-state index contributed by atoms with van der Waals surface area (Å²) in [5.41, 5.74) is -0.238. The number of benzene rings is 1. The van der Waals surface area contributed by atoms with Gasteiger partial charge < -0.3 is 14.5 Å². The number of nitrogens with one attached hydrogen (secondary N) is 1. The van der Waals surface area contributed by atoms with Crippen molar-refractivity contribution in [3.8, 4) is 11.5 Å². The topological polar surface area (TPSA) is 60.0 Å². The third kappa shape index (κ3) is 4.86. The number of hydrogen-bond acceptors (Lipinski definition) is 5. The lowest BCUT2D eigenvalue weighted by molar-refractivity contribution is -0.276. The lowest BCUT2D eigenvalue weighted by Gasteiger charge is -2.15. The number of nitrogens with zero attached hydrogens (tertiary/aromatic N) is 2. The molecule has 2 heterocycles. The van der Waals surface area contributed by atoms with Gasteiger partial charge in [-0.15, -0.1) is 13.2 Å². The first-order valence-corrected chi connectivity index (χ1v) is 8.94. The summed E-state index contributed by atoms with van der Waals surface area (Å²) in [6, 6.07) is 2.84. The fourth-order valence-electron chi connectivity index (χ4n) is 2.58. The van der Waals surface area contributed by atoms with Crippen molar-refractivity contribution >= 4 is 22.8 Å². The van der Waals surface area contributed by atoms with Crippen LogP contribution in [0.25, 0.3) is 11.0 Å². The molecule has 5 nitrogen and oxygen atoms in total. The fourth-order valence-corrected chi connectivity index (χ4v) is 3.49. The van der Waals surface area contributed by atoms with Gasteiger partial charge in [0.2, 0.25) is 0 Å². The second-order valence-corrected chi connectivity index (χ2v) is 6.79. The van der Waals surface area contributed by atoms with Crippen molar-refractivity contribution in [2.75, 3.05) is 7.11 Å². The highest BCUT2D eigenvalue weighted by Crippen LogP contribution is 2.41. The van der Waals surface area contributed by atoms with E-state index < -0.39 is 23.9 Å². The van der Waals surface area contributed by atoms with E-state index in [1.165, 1.54) is 7.11 Å². The van der Waals surface area contributed by atoms with Crippen LogP contribution in [0.2, 0.25) is 0 Å². The second kappa shape index (κ2) is 7.65. The molecule has 29 heavy (non-hydrogen) atoms. The van der Waals surface area contributed by atoms with Crippen LogP contribution in [0, 0.1) is 6.92 Å². The normalized spacial score (nSPS) is 12.4. The summed E-state index contributed by atoms with van der Waals surface area (Å²) >= 11 is 1.14. The number of ether oxygens (including phenoxy) is 2. The van der Waals surface area contributed by atoms with E-state index in [4.69, 9.17) is 4.74 Å². The molecule has 0 radical (unpaired) electrons. The Morgan fingerprint density at radius 1 is 1.10 bits per heavy atom. The van der Waals surface area contributed by atoms with Gasteiger partial charge in [-0.25, -0.2) is 4.98 Å². The highest BCUT2D eigenvalue weighted by Gasteiger charge is 2.40. The Balaban J connectivity index is 1.92. The number of methoxy groups -OCH3 is 1. The molecule has 0 aliphatic heterocycles. The molecule has 156 valence electrons. The van der Waals surface area contributed by atoms with E-state index in [2.05, 4.69) is 19.7 Å². The lowest BCUT2D eigenvalue weighted by Crippen LogP contribution is -2.20. The molecule has 2 aromatic heterocycles. The van der Waals surface area contributed by atoms with Crippen LogP contribution in [0.4, 0.5) is 26.3 Å². The standard InChI is InChI=1S/C17H13F6N3O2S/c1-8-12(24-4-3-13(8)27-2)7-29-15-25-10-5-9(16(18,19)20)14(6-11(10)26-15)28-17(21,22)23/h3-6H,7H2,1-2H3,(H,25,26). The maximum absolute atomic E-state index is 13.1. The summed E-state index contributed by atoms with van der Waals surface area (Å²) in [5.74, 6) is -0.407. The molecule has 0 amide bonds. The molecular weight excluding hydrogens is 424 g/mol. The minimum absolute atomic E-state index is 0.0651. The zero-order valence-corrected chi connectivity index (χ0v) is 15.7. The molecule has 0 fully saturated rings. The van der Waals surface area contributed by atoms with E-state index in [0.717, 1.165) is 17.3 Å². The van der Waals surface area contributed by atoms with Crippen molar-refractivity contribution in [2.45, 2.75) is 30.4 Å². The smallest absolute Gasteiger partial charge is 0.496 e. The van der Waals surface area contributed by atoms with Crippen molar-refractivity contribution in [1.82, 2.24) is 15.0 Å². The number of thioether (sulfide) groups is 1. The number of aromatic amines is 1. The first kappa shape index (κ1) is 21.1. The van der Waals surface area contributed by atoms with E-state index >= 15 is 0 Å². The summed E-state index contributed by atoms with van der Waals surface area (Å²) in [7, 11) is 1.51. The Hall–Kier alpha value is -2.63. The average Bonchev–Trinajstić information content (AvgIpc) is 2.99. The Morgan fingerprint density at radius 3 is 2.45 bits per heavy atom. The molecular formula is C17H13F6N3O2S. The SMILES string of the molecule is COc1ccnc(CSc2nc3cc(OC(F)(F)F)c(C(F)(F)F)cc3[nH]2)c1C. The van der Waals surface area contributed by atoms with Crippen molar-refractivity contribution in [3.63, 3.8) is 0 Å². The predicted molar refractivity (Wildman–Crippen MR) is 92.9 cm³/mol. The van der Waals surface area contributed by atoms with Crippen molar-refractivity contribution in [1.29, 1.82) is 0 Å². The number of alkyl halides is 6. The molecule has 0 aliphatic rings. The molecule has 0 spiro atoms. The van der Waals surface area contributed by atoms with Crippen LogP contribution < -0.4 is 9.47 Å². The second-order valence-electron chi connectivity index (χ2n) is 5.83. The van der Waals surface area contributed by atoms with Gasteiger partial charge in [0, 0.05) is 23.6 Å². The Kier molecular flexibility index (Phi) is 5.57. The van der Waals surface area contributed by atoms with Crippen LogP contribution in [0.3, 0.4) is 0 Å². The van der Waals surface area contributed by atoms with Gasteiger partial charge in [0.15, 0.2) is 5.16 Å². The largest absolute Gasteiger partial charge is 0.573 e. The van der Waals surface area contributed by atoms with Crippen LogP contribution in [-0.2, 0) is 11.9 Å². The lowest BCUT2D eigenvalue weighted by atomic mass is 10.1. The van der Waals surface area contributed by atoms with E-state index in [-0.39, 0.29) is 16.2 Å². The summed E-state index contributed by atoms with van der Waals surface area (Å²) in [5, 5.41) is 0.223. The number of fused-ring (bicyclic) bond motifs is 1. The molecule has 3 rings (SSSR count). The molecule has 1 aromatic carbocycles. The third-order valence-electron chi connectivity index (χ3n) is 3.92. The zero-order chi connectivity index (χ0) is 21.4. The van der Waals surface area contributed by atoms with Crippen LogP contribution in [0.1, 0.15) is 16.8 Å². The first-order valence-electron chi connectivity index (χ1n) is 7.96. The summed E-state index contributed by atoms with van der Waals surface area (Å²) in [6.45, 7) is 1.80. The van der Waals surface area contributed by atoms with Crippen LogP contribution in [0.15, 0.2) is 29.6 Å². The third-order valence-corrected chi connectivity index (χ3v) is 4.80. The average molecular weight is 437 g/mol. The van der Waals surface area contributed by atoms with Crippen molar-refractivity contribution < 1.29 is 35.8 Å². The Bertz CT molecular complexity index is 1030. The minimum atomic E-state index is -5.27. The highest BCUT2D eigenvalue weighted by molar-refractivity contribution is 7.98. The Morgan fingerprint density at radius 2 is 1.83 bits per heavy atom. The molecule has 0 unspecified atom stereocenters. The van der Waals surface area contributed by atoms with Crippen molar-refractivity contribution in [3.05, 3.63) is 41.2 Å². The Labute approximate surface area is 164 Å². The maximum atomic E-state index is 13.1. The molecule has 0 saturated heterocycles. The number of hydrogen-bond donors (Lipinski definition) is 1. The molecule has 3 aromatic rings. The van der Waals surface area contributed by atoms with Crippen LogP contribution in [-0.4, -0.2) is 28.4 Å². The first-order chi connectivity index (χ1) is 13.5. The summed E-state index contributed by atoms with van der Waals surface area (Å²) < 4.78 is 85.6. The van der Waals surface area contributed by atoms with Gasteiger partial charge in [-0.2, -0.15) is 13.2 Å². The van der Waals surface area contributed by atoms with Gasteiger partial charge in [-0.1, -0.05) is 11.8 Å². The van der Waals surface area contributed by atoms with Gasteiger partial charge >= 0.3 is 12.5 Å². The quantitative estimate of drug-likeness (QED) is 0.423. The number of rotatable bonds is 5. The molecule has 0 bridgehead atoms. The zero-order valence-electron chi connectivity index (χ0n) is 14.9. The number of imidazole rings is 1. The van der Waals surface area contributed by atoms with E-state index in [9.17, 15) is 26.3 Å².